The summed E-state index contributed by atoms with van der Waals surface area (Å²) >= 11 is 7.78. The number of benzene rings is 3. The van der Waals surface area contributed by atoms with Gasteiger partial charge in [-0.2, -0.15) is 0 Å². The molecule has 3 aromatic carbocycles. The Kier molecular flexibility index (Phi) is 6.77. The third kappa shape index (κ3) is 4.38. The van der Waals surface area contributed by atoms with Crippen LogP contribution in [0.1, 0.15) is 34.5 Å². The molecule has 5 rings (SSSR count). The van der Waals surface area contributed by atoms with Crippen LogP contribution in [-0.4, -0.2) is 50.8 Å². The minimum absolute atomic E-state index is 0.137. The number of ether oxygens (including phenoxy) is 1. The number of hydrogen-bond acceptors (Lipinski definition) is 5. The lowest BCUT2D eigenvalue weighted by Crippen LogP contribution is -2.71. The van der Waals surface area contributed by atoms with E-state index < -0.39 is 34.3 Å². The first-order chi connectivity index (χ1) is 17.4. The van der Waals surface area contributed by atoms with Crippen molar-refractivity contribution in [3.63, 3.8) is 0 Å². The molecule has 36 heavy (non-hydrogen) atoms. The van der Waals surface area contributed by atoms with E-state index >= 15 is 0 Å². The van der Waals surface area contributed by atoms with Crippen molar-refractivity contribution < 1.29 is 19.1 Å². The molecular formula is C28H25ClN2O4S. The van der Waals surface area contributed by atoms with Gasteiger partial charge in [-0.1, -0.05) is 78.9 Å². The first-order valence-corrected chi connectivity index (χ1v) is 13.1. The van der Waals surface area contributed by atoms with E-state index in [0.29, 0.717) is 5.56 Å². The average Bonchev–Trinajstić information content (AvgIpc) is 3.21. The lowest BCUT2D eigenvalue weighted by molar-refractivity contribution is -0.166. The maximum absolute atomic E-state index is 13.7. The molecule has 4 atom stereocenters. The van der Waals surface area contributed by atoms with E-state index in [9.17, 15) is 14.4 Å². The highest BCUT2D eigenvalue weighted by Crippen LogP contribution is 2.52. The summed E-state index contributed by atoms with van der Waals surface area (Å²) in [6.45, 7) is 1.86. The highest BCUT2D eigenvalue weighted by molar-refractivity contribution is 8.01. The van der Waals surface area contributed by atoms with E-state index in [1.807, 2.05) is 73.7 Å². The standard InChI is InChI=1S/C28H25ClN2O4S/c1-28(17-29)23(27(34)35-22(18-11-5-2-6-12-18)19-13-7-3-8-14-19)31-25(33)21(26(31)36-28)30-24(32)20-15-9-4-10-16-20/h2-16,21-23,26H,17H2,1H3,(H,30,32). The van der Waals surface area contributed by atoms with Crippen molar-refractivity contribution in [1.29, 1.82) is 0 Å². The summed E-state index contributed by atoms with van der Waals surface area (Å²) in [4.78, 5) is 41.1. The van der Waals surface area contributed by atoms with Crippen molar-refractivity contribution in [1.82, 2.24) is 10.2 Å². The molecule has 0 spiro atoms. The zero-order valence-corrected chi connectivity index (χ0v) is 21.1. The molecule has 6 nitrogen and oxygen atoms in total. The summed E-state index contributed by atoms with van der Waals surface area (Å²) in [5, 5.41) is 2.42. The Balaban J connectivity index is 1.38. The summed E-state index contributed by atoms with van der Waals surface area (Å²) in [5.74, 6) is -1.03. The topological polar surface area (TPSA) is 75.7 Å². The van der Waals surface area contributed by atoms with Gasteiger partial charge in [0, 0.05) is 11.4 Å². The normalized spacial score (nSPS) is 24.7. The quantitative estimate of drug-likeness (QED) is 0.284. The number of rotatable bonds is 7. The lowest BCUT2D eigenvalue weighted by Gasteiger charge is -2.44. The molecule has 2 amide bonds. The van der Waals surface area contributed by atoms with Gasteiger partial charge in [0.2, 0.25) is 5.91 Å². The Morgan fingerprint density at radius 3 is 2.03 bits per heavy atom. The Morgan fingerprint density at radius 1 is 0.972 bits per heavy atom. The molecular weight excluding hydrogens is 496 g/mol. The highest BCUT2D eigenvalue weighted by Gasteiger charge is 2.66. The van der Waals surface area contributed by atoms with E-state index in [0.717, 1.165) is 11.1 Å². The molecule has 2 heterocycles. The molecule has 2 aliphatic heterocycles. The summed E-state index contributed by atoms with van der Waals surface area (Å²) < 4.78 is 5.32. The summed E-state index contributed by atoms with van der Waals surface area (Å²) in [6.07, 6.45) is -0.631. The molecule has 0 aromatic heterocycles. The molecule has 0 saturated carbocycles. The van der Waals surface area contributed by atoms with E-state index in [1.54, 1.807) is 24.3 Å². The number of nitrogens with one attached hydrogen (secondary N) is 1. The number of nitrogens with zero attached hydrogens (tertiary/aromatic N) is 1. The van der Waals surface area contributed by atoms with Gasteiger partial charge in [-0.25, -0.2) is 4.79 Å². The number of esters is 1. The Hall–Kier alpha value is -3.29. The van der Waals surface area contributed by atoms with Crippen molar-refractivity contribution in [3.8, 4) is 0 Å². The number of hydrogen-bond donors (Lipinski definition) is 1. The van der Waals surface area contributed by atoms with E-state index in [4.69, 9.17) is 16.3 Å². The van der Waals surface area contributed by atoms with Gasteiger partial charge >= 0.3 is 5.97 Å². The van der Waals surface area contributed by atoms with Gasteiger partial charge in [0.15, 0.2) is 6.10 Å². The fourth-order valence-electron chi connectivity index (χ4n) is 4.70. The monoisotopic (exact) mass is 520 g/mol. The second-order valence-corrected chi connectivity index (χ2v) is 11.0. The van der Waals surface area contributed by atoms with Crippen LogP contribution < -0.4 is 5.32 Å². The SMILES string of the molecule is CC1(CCl)SC2C(NC(=O)c3ccccc3)C(=O)N2C1C(=O)OC(c1ccccc1)c1ccccc1. The highest BCUT2D eigenvalue weighted by atomic mass is 35.5. The third-order valence-electron chi connectivity index (χ3n) is 6.58. The van der Waals surface area contributed by atoms with Gasteiger partial charge in [-0.05, 0) is 30.2 Å². The van der Waals surface area contributed by atoms with E-state index in [-0.39, 0.29) is 17.7 Å². The zero-order chi connectivity index (χ0) is 25.3. The smallest absolute Gasteiger partial charge is 0.331 e. The first-order valence-electron chi connectivity index (χ1n) is 11.7. The van der Waals surface area contributed by atoms with Gasteiger partial charge in [-0.3, -0.25) is 9.59 Å². The number of halogens is 1. The number of fused-ring (bicyclic) bond motifs is 1. The Bertz CT molecular complexity index is 1220. The predicted molar refractivity (Wildman–Crippen MR) is 140 cm³/mol. The van der Waals surface area contributed by atoms with Crippen LogP contribution in [0.4, 0.5) is 0 Å². The second-order valence-electron chi connectivity index (χ2n) is 9.06. The molecule has 184 valence electrons. The van der Waals surface area contributed by atoms with Crippen LogP contribution in [0.5, 0.6) is 0 Å². The van der Waals surface area contributed by atoms with Crippen LogP contribution in [0.15, 0.2) is 91.0 Å². The minimum Gasteiger partial charge on any atom is -0.451 e. The molecule has 2 saturated heterocycles. The summed E-state index contributed by atoms with van der Waals surface area (Å²) in [6, 6.07) is 26.1. The van der Waals surface area contributed by atoms with Crippen LogP contribution in [0.25, 0.3) is 0 Å². The van der Waals surface area contributed by atoms with E-state index in [1.165, 1.54) is 16.7 Å². The number of carbonyl (C=O) groups is 3. The molecule has 8 heteroatoms. The number of thioether (sulfide) groups is 1. The molecule has 1 N–H and O–H groups in total. The number of amides is 2. The molecule has 0 radical (unpaired) electrons. The van der Waals surface area contributed by atoms with Crippen molar-refractivity contribution >= 4 is 41.1 Å². The van der Waals surface area contributed by atoms with Gasteiger partial charge in [0.1, 0.15) is 17.5 Å². The van der Waals surface area contributed by atoms with Crippen molar-refractivity contribution in [2.24, 2.45) is 0 Å². The van der Waals surface area contributed by atoms with Crippen LogP contribution in [0.3, 0.4) is 0 Å². The zero-order valence-electron chi connectivity index (χ0n) is 19.5. The lowest BCUT2D eigenvalue weighted by atomic mass is 9.95. The maximum Gasteiger partial charge on any atom is 0.331 e. The van der Waals surface area contributed by atoms with E-state index in [2.05, 4.69) is 5.32 Å². The largest absolute Gasteiger partial charge is 0.451 e. The van der Waals surface area contributed by atoms with Gasteiger partial charge in [0.05, 0.1) is 4.75 Å². The fourth-order valence-corrected chi connectivity index (χ4v) is 6.65. The van der Waals surface area contributed by atoms with Crippen molar-refractivity contribution in [2.45, 2.75) is 35.2 Å². The molecule has 2 fully saturated rings. The second kappa shape index (κ2) is 9.99. The number of alkyl halides is 1. The molecule has 2 aliphatic rings. The number of β-lactam (4-membered cyclic amide) rings is 1. The Labute approximate surface area is 219 Å². The molecule has 0 bridgehead atoms. The first kappa shape index (κ1) is 24.4. The number of carbonyl (C=O) groups excluding carboxylic acids is 3. The maximum atomic E-state index is 13.7. The Morgan fingerprint density at radius 2 is 1.50 bits per heavy atom. The summed E-state index contributed by atoms with van der Waals surface area (Å²) in [7, 11) is 0. The fraction of sp³-hybridized carbons (Fsp3) is 0.250. The molecule has 4 unspecified atom stereocenters. The summed E-state index contributed by atoms with van der Waals surface area (Å²) in [5.41, 5.74) is 2.13. The van der Waals surface area contributed by atoms with Gasteiger partial charge in [0.25, 0.3) is 5.91 Å². The van der Waals surface area contributed by atoms with Gasteiger partial charge in [-0.15, -0.1) is 23.4 Å². The molecule has 0 aliphatic carbocycles. The van der Waals surface area contributed by atoms with Crippen LogP contribution in [0, 0.1) is 0 Å². The average molecular weight is 521 g/mol. The van der Waals surface area contributed by atoms with Crippen molar-refractivity contribution in [3.05, 3.63) is 108 Å². The third-order valence-corrected chi connectivity index (χ3v) is 8.94. The van der Waals surface area contributed by atoms with Crippen molar-refractivity contribution in [2.75, 3.05) is 5.88 Å². The van der Waals surface area contributed by atoms with Gasteiger partial charge < -0.3 is 15.0 Å². The van der Waals surface area contributed by atoms with Crippen LogP contribution in [0.2, 0.25) is 0 Å². The van der Waals surface area contributed by atoms with Crippen LogP contribution >= 0.6 is 23.4 Å². The minimum atomic E-state index is -0.877. The molecule has 3 aromatic rings. The predicted octanol–water partition coefficient (Wildman–Crippen LogP) is 4.40. The van der Waals surface area contributed by atoms with Crippen LogP contribution in [-0.2, 0) is 14.3 Å².